The van der Waals surface area contributed by atoms with Crippen molar-refractivity contribution in [2.75, 3.05) is 25.1 Å². The molecule has 0 heterocycles. The number of nitrogens with one attached hydrogen (secondary N) is 2. The van der Waals surface area contributed by atoms with E-state index >= 15 is 0 Å². The van der Waals surface area contributed by atoms with Crippen LogP contribution in [0.2, 0.25) is 10.0 Å². The predicted octanol–water partition coefficient (Wildman–Crippen LogP) is 2.71. The molecular formula is C13H20Cl2IN3O2S. The Bertz CT molecular complexity index is 609. The van der Waals surface area contributed by atoms with Crippen LogP contribution >= 0.6 is 47.2 Å². The van der Waals surface area contributed by atoms with Crippen LogP contribution < -0.4 is 10.6 Å². The van der Waals surface area contributed by atoms with Gasteiger partial charge in [-0.2, -0.15) is 0 Å². The van der Waals surface area contributed by atoms with Crippen molar-refractivity contribution < 1.29 is 8.42 Å². The van der Waals surface area contributed by atoms with Gasteiger partial charge in [0, 0.05) is 35.9 Å². The number of rotatable bonds is 6. The molecule has 1 aromatic carbocycles. The molecule has 1 aromatic rings. The highest BCUT2D eigenvalue weighted by molar-refractivity contribution is 14.0. The first kappa shape index (κ1) is 21.8. The van der Waals surface area contributed by atoms with Crippen molar-refractivity contribution in [2.24, 2.45) is 4.99 Å². The van der Waals surface area contributed by atoms with Crippen LogP contribution in [0.3, 0.4) is 0 Å². The van der Waals surface area contributed by atoms with Crippen LogP contribution in [-0.4, -0.2) is 39.5 Å². The monoisotopic (exact) mass is 479 g/mol. The van der Waals surface area contributed by atoms with Crippen LogP contribution in [-0.2, 0) is 16.4 Å². The lowest BCUT2D eigenvalue weighted by Crippen LogP contribution is -2.39. The third-order valence-corrected chi connectivity index (χ3v) is 5.12. The van der Waals surface area contributed by atoms with E-state index in [0.717, 1.165) is 5.56 Å². The van der Waals surface area contributed by atoms with Gasteiger partial charge in [0.1, 0.15) is 0 Å². The number of sulfone groups is 1. The highest BCUT2D eigenvalue weighted by Crippen LogP contribution is 2.20. The highest BCUT2D eigenvalue weighted by atomic mass is 127. The minimum atomic E-state index is -2.98. The Morgan fingerprint density at radius 1 is 1.27 bits per heavy atom. The van der Waals surface area contributed by atoms with Gasteiger partial charge >= 0.3 is 0 Å². The first-order chi connectivity index (χ1) is 9.88. The van der Waals surface area contributed by atoms with Crippen molar-refractivity contribution in [1.29, 1.82) is 0 Å². The first-order valence-corrected chi connectivity index (χ1v) is 9.04. The van der Waals surface area contributed by atoms with Crippen LogP contribution in [0.15, 0.2) is 23.2 Å². The first-order valence-electron chi connectivity index (χ1n) is 6.47. The van der Waals surface area contributed by atoms with E-state index in [4.69, 9.17) is 23.2 Å². The van der Waals surface area contributed by atoms with Crippen LogP contribution in [0.4, 0.5) is 0 Å². The standard InChI is InChI=1S/C13H19Cl2N3O2S.HI/c1-3-21(19,20)7-6-17-13(16-2)18-9-10-4-5-11(14)8-12(10)15;/h4-5,8H,3,6-7,9H2,1-2H3,(H2,16,17,18);1H. The zero-order chi connectivity index (χ0) is 15.9. The molecule has 0 aliphatic rings. The Labute approximate surface area is 158 Å². The molecule has 0 aliphatic heterocycles. The number of hydrogen-bond acceptors (Lipinski definition) is 3. The van der Waals surface area contributed by atoms with Gasteiger partial charge in [-0.1, -0.05) is 36.2 Å². The zero-order valence-electron chi connectivity index (χ0n) is 12.4. The minimum absolute atomic E-state index is 0. The van der Waals surface area contributed by atoms with Gasteiger partial charge in [-0.15, -0.1) is 24.0 Å². The van der Waals surface area contributed by atoms with Crippen molar-refractivity contribution in [3.05, 3.63) is 33.8 Å². The third kappa shape index (κ3) is 7.85. The van der Waals surface area contributed by atoms with Crippen molar-refractivity contribution >= 4 is 63.0 Å². The molecule has 0 aromatic heterocycles. The van der Waals surface area contributed by atoms with Gasteiger partial charge in [0.25, 0.3) is 0 Å². The number of aliphatic imine (C=N–C) groups is 1. The molecule has 126 valence electrons. The van der Waals surface area contributed by atoms with Gasteiger partial charge < -0.3 is 10.6 Å². The molecule has 0 radical (unpaired) electrons. The molecule has 2 N–H and O–H groups in total. The molecular weight excluding hydrogens is 460 g/mol. The molecule has 0 aliphatic carbocycles. The summed E-state index contributed by atoms with van der Waals surface area (Å²) in [6.45, 7) is 2.41. The second-order valence-corrected chi connectivity index (χ2v) is 7.64. The zero-order valence-corrected chi connectivity index (χ0v) is 17.1. The summed E-state index contributed by atoms with van der Waals surface area (Å²) in [5.74, 6) is 0.736. The van der Waals surface area contributed by atoms with E-state index in [-0.39, 0.29) is 35.5 Å². The lowest BCUT2D eigenvalue weighted by Gasteiger charge is -2.12. The van der Waals surface area contributed by atoms with E-state index in [1.54, 1.807) is 26.1 Å². The van der Waals surface area contributed by atoms with E-state index in [2.05, 4.69) is 15.6 Å². The molecule has 0 atom stereocenters. The van der Waals surface area contributed by atoms with E-state index in [9.17, 15) is 8.42 Å². The summed E-state index contributed by atoms with van der Waals surface area (Å²) in [6.07, 6.45) is 0. The van der Waals surface area contributed by atoms with Crippen LogP contribution in [0, 0.1) is 0 Å². The second-order valence-electron chi connectivity index (χ2n) is 4.32. The topological polar surface area (TPSA) is 70.6 Å². The van der Waals surface area contributed by atoms with Gasteiger partial charge in [-0.05, 0) is 17.7 Å². The summed E-state index contributed by atoms with van der Waals surface area (Å²) in [7, 11) is -1.36. The second kappa shape index (κ2) is 10.5. The molecule has 0 spiro atoms. The van der Waals surface area contributed by atoms with Crippen LogP contribution in [0.25, 0.3) is 0 Å². The van der Waals surface area contributed by atoms with Gasteiger partial charge in [0.2, 0.25) is 0 Å². The molecule has 1 rings (SSSR count). The van der Waals surface area contributed by atoms with Crippen molar-refractivity contribution in [3.63, 3.8) is 0 Å². The van der Waals surface area contributed by atoms with Gasteiger partial charge in [0.05, 0.1) is 5.75 Å². The van der Waals surface area contributed by atoms with E-state index in [1.165, 1.54) is 0 Å². The predicted molar refractivity (Wildman–Crippen MR) is 104 cm³/mol. The summed E-state index contributed by atoms with van der Waals surface area (Å²) in [4.78, 5) is 4.03. The quantitative estimate of drug-likeness (QED) is 0.374. The normalized spacial score (nSPS) is 11.7. The largest absolute Gasteiger partial charge is 0.355 e. The lowest BCUT2D eigenvalue weighted by molar-refractivity contribution is 0.595. The van der Waals surface area contributed by atoms with Crippen LogP contribution in [0.5, 0.6) is 0 Å². The summed E-state index contributed by atoms with van der Waals surface area (Å²) in [5, 5.41) is 7.17. The Kier molecular flexibility index (Phi) is 10.4. The molecule has 0 saturated heterocycles. The summed E-state index contributed by atoms with van der Waals surface area (Å²) < 4.78 is 22.8. The molecule has 22 heavy (non-hydrogen) atoms. The fraction of sp³-hybridized carbons (Fsp3) is 0.462. The Balaban J connectivity index is 0.00000441. The fourth-order valence-electron chi connectivity index (χ4n) is 1.53. The molecule has 0 unspecified atom stereocenters. The SMILES string of the molecule is CCS(=O)(=O)CCNC(=NC)NCc1ccc(Cl)cc1Cl.I. The summed E-state index contributed by atoms with van der Waals surface area (Å²) >= 11 is 11.9. The van der Waals surface area contributed by atoms with E-state index in [0.29, 0.717) is 29.1 Å². The fourth-order valence-corrected chi connectivity index (χ4v) is 2.71. The Hall–Kier alpha value is -0.250. The number of hydrogen-bond donors (Lipinski definition) is 2. The number of nitrogens with zero attached hydrogens (tertiary/aromatic N) is 1. The van der Waals surface area contributed by atoms with Crippen LogP contribution in [0.1, 0.15) is 12.5 Å². The van der Waals surface area contributed by atoms with Crippen molar-refractivity contribution in [1.82, 2.24) is 10.6 Å². The summed E-state index contributed by atoms with van der Waals surface area (Å²) in [6, 6.07) is 5.26. The molecule has 0 amide bonds. The number of guanidine groups is 1. The molecule has 5 nitrogen and oxygen atoms in total. The molecule has 0 saturated carbocycles. The maximum Gasteiger partial charge on any atom is 0.191 e. The Morgan fingerprint density at radius 3 is 2.50 bits per heavy atom. The molecule has 9 heteroatoms. The third-order valence-electron chi connectivity index (χ3n) is 2.83. The van der Waals surface area contributed by atoms with Crippen molar-refractivity contribution in [3.8, 4) is 0 Å². The van der Waals surface area contributed by atoms with Gasteiger partial charge in [-0.3, -0.25) is 4.99 Å². The maximum atomic E-state index is 11.4. The van der Waals surface area contributed by atoms with Crippen molar-refractivity contribution in [2.45, 2.75) is 13.5 Å². The number of benzene rings is 1. The number of halogens is 3. The smallest absolute Gasteiger partial charge is 0.191 e. The average Bonchev–Trinajstić information content (AvgIpc) is 2.44. The lowest BCUT2D eigenvalue weighted by atomic mass is 10.2. The van der Waals surface area contributed by atoms with Gasteiger partial charge in [-0.25, -0.2) is 8.42 Å². The van der Waals surface area contributed by atoms with E-state index < -0.39 is 9.84 Å². The summed E-state index contributed by atoms with van der Waals surface area (Å²) in [5.41, 5.74) is 0.880. The highest BCUT2D eigenvalue weighted by Gasteiger charge is 2.08. The Morgan fingerprint density at radius 2 is 1.95 bits per heavy atom. The molecule has 0 bridgehead atoms. The van der Waals surface area contributed by atoms with Gasteiger partial charge in [0.15, 0.2) is 15.8 Å². The minimum Gasteiger partial charge on any atom is -0.355 e. The maximum absolute atomic E-state index is 11.4. The van der Waals surface area contributed by atoms with E-state index in [1.807, 2.05) is 6.07 Å². The average molecular weight is 480 g/mol. The molecule has 0 fully saturated rings.